The van der Waals surface area contributed by atoms with Crippen LogP contribution in [0.1, 0.15) is 24.2 Å². The molecule has 0 aromatic heterocycles. The number of anilines is 2. The van der Waals surface area contributed by atoms with E-state index in [0.29, 0.717) is 5.56 Å². The van der Waals surface area contributed by atoms with E-state index in [1.54, 1.807) is 6.07 Å². The van der Waals surface area contributed by atoms with Crippen molar-refractivity contribution in [2.75, 3.05) is 30.4 Å². The minimum absolute atomic E-state index is 0.390. The molecule has 1 aromatic rings. The first kappa shape index (κ1) is 12.4. The van der Waals surface area contributed by atoms with Crippen molar-refractivity contribution < 1.29 is 4.79 Å². The Balaban J connectivity index is 3.21. The lowest BCUT2D eigenvalue weighted by Crippen LogP contribution is -2.25. The second kappa shape index (κ2) is 5.39. The predicted molar refractivity (Wildman–Crippen MR) is 68.1 cm³/mol. The highest BCUT2D eigenvalue weighted by molar-refractivity contribution is 5.99. The van der Waals surface area contributed by atoms with Crippen LogP contribution in [0.15, 0.2) is 18.2 Å². The molecule has 0 fully saturated rings. The molecule has 1 rings (SSSR count). The number of nitrogens with two attached hydrogens (primary N) is 1. The van der Waals surface area contributed by atoms with E-state index in [4.69, 9.17) is 5.73 Å². The average Bonchev–Trinajstić information content (AvgIpc) is 2.30. The number of carbonyl (C=O) groups is 1. The Hall–Kier alpha value is -1.71. The molecule has 0 atom stereocenters. The molecule has 0 bridgehead atoms. The van der Waals surface area contributed by atoms with Crippen LogP contribution in [-0.2, 0) is 0 Å². The van der Waals surface area contributed by atoms with Crippen molar-refractivity contribution in [2.24, 2.45) is 5.73 Å². The predicted octanol–water partition coefficient (Wildman–Crippen LogP) is 1.67. The summed E-state index contributed by atoms with van der Waals surface area (Å²) in [5.74, 6) is -0.390. The number of primary amides is 1. The molecule has 0 saturated heterocycles. The Morgan fingerprint density at radius 2 is 2.00 bits per heavy atom. The van der Waals surface area contributed by atoms with Gasteiger partial charge in [-0.05, 0) is 32.0 Å². The third-order valence-electron chi connectivity index (χ3n) is 2.65. The second-order valence-corrected chi connectivity index (χ2v) is 3.52. The van der Waals surface area contributed by atoms with E-state index in [1.165, 1.54) is 0 Å². The van der Waals surface area contributed by atoms with Gasteiger partial charge in [-0.2, -0.15) is 0 Å². The number of nitrogens with zero attached hydrogens (tertiary/aromatic N) is 1. The molecule has 4 heteroatoms. The van der Waals surface area contributed by atoms with Gasteiger partial charge in [0.1, 0.15) is 0 Å². The molecule has 0 heterocycles. The van der Waals surface area contributed by atoms with Gasteiger partial charge in [0.15, 0.2) is 0 Å². The van der Waals surface area contributed by atoms with Crippen LogP contribution in [0.3, 0.4) is 0 Å². The summed E-state index contributed by atoms with van der Waals surface area (Å²) in [6.45, 7) is 5.83. The van der Waals surface area contributed by atoms with Gasteiger partial charge in [0.25, 0.3) is 5.91 Å². The van der Waals surface area contributed by atoms with Crippen molar-refractivity contribution in [1.29, 1.82) is 0 Å². The summed E-state index contributed by atoms with van der Waals surface area (Å²) in [7, 11) is 1.82. The standard InChI is InChI=1S/C12H19N3O/c1-4-15(5-2)11-7-6-9(14-3)8-10(11)12(13)16/h6-8,14H,4-5H2,1-3H3,(H2,13,16). The van der Waals surface area contributed by atoms with Crippen molar-refractivity contribution in [3.63, 3.8) is 0 Å². The molecule has 0 aliphatic heterocycles. The van der Waals surface area contributed by atoms with Crippen molar-refractivity contribution in [1.82, 2.24) is 0 Å². The van der Waals surface area contributed by atoms with E-state index >= 15 is 0 Å². The molecule has 0 unspecified atom stereocenters. The highest BCUT2D eigenvalue weighted by Crippen LogP contribution is 2.23. The third kappa shape index (κ3) is 2.45. The number of benzene rings is 1. The van der Waals surface area contributed by atoms with E-state index in [-0.39, 0.29) is 5.91 Å². The zero-order chi connectivity index (χ0) is 12.1. The van der Waals surface area contributed by atoms with Gasteiger partial charge >= 0.3 is 0 Å². The molecule has 0 aliphatic rings. The van der Waals surface area contributed by atoms with E-state index in [0.717, 1.165) is 24.5 Å². The van der Waals surface area contributed by atoms with Crippen molar-refractivity contribution in [3.05, 3.63) is 23.8 Å². The van der Waals surface area contributed by atoms with Gasteiger partial charge in [0.2, 0.25) is 0 Å². The summed E-state index contributed by atoms with van der Waals surface area (Å²) in [5, 5.41) is 3.00. The Bertz CT molecular complexity index is 373. The third-order valence-corrected chi connectivity index (χ3v) is 2.65. The van der Waals surface area contributed by atoms with Gasteiger partial charge in [-0.1, -0.05) is 0 Å². The summed E-state index contributed by atoms with van der Waals surface area (Å²) in [5.41, 5.74) is 7.75. The van der Waals surface area contributed by atoms with Crippen LogP contribution in [-0.4, -0.2) is 26.0 Å². The normalized spacial score (nSPS) is 9.94. The highest BCUT2D eigenvalue weighted by Gasteiger charge is 2.12. The van der Waals surface area contributed by atoms with E-state index in [9.17, 15) is 4.79 Å². The lowest BCUT2D eigenvalue weighted by molar-refractivity contribution is 0.100. The molecule has 0 aliphatic carbocycles. The zero-order valence-corrected chi connectivity index (χ0v) is 10.1. The number of hydrogen-bond donors (Lipinski definition) is 2. The average molecular weight is 221 g/mol. The van der Waals surface area contributed by atoms with Crippen LogP contribution in [0.2, 0.25) is 0 Å². The first-order valence-electron chi connectivity index (χ1n) is 5.50. The Labute approximate surface area is 96.4 Å². The van der Waals surface area contributed by atoms with Crippen LogP contribution < -0.4 is 16.0 Å². The van der Waals surface area contributed by atoms with Gasteiger partial charge in [-0.3, -0.25) is 4.79 Å². The molecular weight excluding hydrogens is 202 g/mol. The first-order chi connectivity index (χ1) is 7.63. The van der Waals surface area contributed by atoms with Gasteiger partial charge in [-0.25, -0.2) is 0 Å². The molecule has 16 heavy (non-hydrogen) atoms. The van der Waals surface area contributed by atoms with Crippen molar-refractivity contribution in [2.45, 2.75) is 13.8 Å². The monoisotopic (exact) mass is 221 g/mol. The van der Waals surface area contributed by atoms with Gasteiger partial charge in [0.05, 0.1) is 5.56 Å². The fourth-order valence-corrected chi connectivity index (χ4v) is 1.73. The Morgan fingerprint density at radius 1 is 1.38 bits per heavy atom. The summed E-state index contributed by atoms with van der Waals surface area (Å²) in [6.07, 6.45) is 0. The maximum absolute atomic E-state index is 11.4. The zero-order valence-electron chi connectivity index (χ0n) is 10.1. The smallest absolute Gasteiger partial charge is 0.250 e. The van der Waals surface area contributed by atoms with Gasteiger partial charge < -0.3 is 16.0 Å². The number of amides is 1. The fourth-order valence-electron chi connectivity index (χ4n) is 1.73. The van der Waals surface area contributed by atoms with Gasteiger partial charge in [-0.15, -0.1) is 0 Å². The highest BCUT2D eigenvalue weighted by atomic mass is 16.1. The number of rotatable bonds is 5. The summed E-state index contributed by atoms with van der Waals surface area (Å²) in [6, 6.07) is 5.66. The first-order valence-corrected chi connectivity index (χ1v) is 5.50. The van der Waals surface area contributed by atoms with Crippen molar-refractivity contribution in [3.8, 4) is 0 Å². The Kier molecular flexibility index (Phi) is 4.17. The molecule has 4 nitrogen and oxygen atoms in total. The Morgan fingerprint density at radius 3 is 2.44 bits per heavy atom. The van der Waals surface area contributed by atoms with Crippen molar-refractivity contribution >= 4 is 17.3 Å². The fraction of sp³-hybridized carbons (Fsp3) is 0.417. The van der Waals surface area contributed by atoms with Crippen LogP contribution in [0, 0.1) is 0 Å². The van der Waals surface area contributed by atoms with E-state index in [1.807, 2.05) is 19.2 Å². The number of carbonyl (C=O) groups excluding carboxylic acids is 1. The van der Waals surface area contributed by atoms with Gasteiger partial charge in [0, 0.05) is 31.5 Å². The maximum Gasteiger partial charge on any atom is 0.250 e. The van der Waals surface area contributed by atoms with E-state index in [2.05, 4.69) is 24.1 Å². The minimum atomic E-state index is -0.390. The molecular formula is C12H19N3O. The second-order valence-electron chi connectivity index (χ2n) is 3.52. The number of hydrogen-bond acceptors (Lipinski definition) is 3. The maximum atomic E-state index is 11.4. The molecule has 1 amide bonds. The topological polar surface area (TPSA) is 58.4 Å². The molecule has 1 aromatic carbocycles. The summed E-state index contributed by atoms with van der Waals surface area (Å²) in [4.78, 5) is 13.5. The molecule has 0 spiro atoms. The minimum Gasteiger partial charge on any atom is -0.388 e. The van der Waals surface area contributed by atoms with E-state index < -0.39 is 0 Å². The number of nitrogens with one attached hydrogen (secondary N) is 1. The van der Waals surface area contributed by atoms with Crippen LogP contribution >= 0.6 is 0 Å². The molecule has 0 radical (unpaired) electrons. The lowest BCUT2D eigenvalue weighted by atomic mass is 10.1. The molecule has 3 N–H and O–H groups in total. The quantitative estimate of drug-likeness (QED) is 0.795. The molecule has 88 valence electrons. The lowest BCUT2D eigenvalue weighted by Gasteiger charge is -2.23. The summed E-state index contributed by atoms with van der Waals surface area (Å²) >= 11 is 0. The van der Waals surface area contributed by atoms with Crippen LogP contribution in [0.5, 0.6) is 0 Å². The molecule has 0 saturated carbocycles. The largest absolute Gasteiger partial charge is 0.388 e. The summed E-state index contributed by atoms with van der Waals surface area (Å²) < 4.78 is 0. The van der Waals surface area contributed by atoms with Crippen LogP contribution in [0.25, 0.3) is 0 Å². The SMILES string of the molecule is CCN(CC)c1ccc(NC)cc1C(N)=O. The van der Waals surface area contributed by atoms with Crippen LogP contribution in [0.4, 0.5) is 11.4 Å².